The number of amides is 3. The van der Waals surface area contributed by atoms with Crippen molar-refractivity contribution in [1.82, 2.24) is 15.5 Å². The monoisotopic (exact) mass is 319 g/mol. The average molecular weight is 319 g/mol. The maximum absolute atomic E-state index is 11.8. The number of hydrogen-bond acceptors (Lipinski definition) is 3. The quantitative estimate of drug-likeness (QED) is 0.668. The SMILES string of the molecule is CC(Cc1ccc(O)cc1)NC(=O)NCCCN1CCCC1=O. The van der Waals surface area contributed by atoms with Crippen LogP contribution in [0.15, 0.2) is 24.3 Å². The summed E-state index contributed by atoms with van der Waals surface area (Å²) in [5, 5.41) is 15.0. The Hall–Kier alpha value is -2.24. The van der Waals surface area contributed by atoms with Crippen LogP contribution in [0.1, 0.15) is 31.7 Å². The van der Waals surface area contributed by atoms with E-state index < -0.39 is 0 Å². The van der Waals surface area contributed by atoms with Gasteiger partial charge >= 0.3 is 6.03 Å². The molecule has 0 saturated carbocycles. The highest BCUT2D eigenvalue weighted by molar-refractivity contribution is 5.78. The van der Waals surface area contributed by atoms with Crippen molar-refractivity contribution in [2.24, 2.45) is 0 Å². The highest BCUT2D eigenvalue weighted by Crippen LogP contribution is 2.11. The van der Waals surface area contributed by atoms with Crippen LogP contribution in [0.2, 0.25) is 0 Å². The second-order valence-electron chi connectivity index (χ2n) is 6.01. The number of phenolic OH excluding ortho intramolecular Hbond substituents is 1. The number of nitrogens with zero attached hydrogens (tertiary/aromatic N) is 1. The molecular formula is C17H25N3O3. The molecular weight excluding hydrogens is 294 g/mol. The molecule has 1 aromatic rings. The van der Waals surface area contributed by atoms with E-state index in [2.05, 4.69) is 10.6 Å². The van der Waals surface area contributed by atoms with Crippen molar-refractivity contribution in [3.63, 3.8) is 0 Å². The summed E-state index contributed by atoms with van der Waals surface area (Å²) in [5.74, 6) is 0.459. The fraction of sp³-hybridized carbons (Fsp3) is 0.529. The first-order chi connectivity index (χ1) is 11.0. The van der Waals surface area contributed by atoms with Gasteiger partial charge in [0, 0.05) is 32.1 Å². The van der Waals surface area contributed by atoms with E-state index in [1.807, 2.05) is 24.0 Å². The molecule has 1 unspecified atom stereocenters. The second-order valence-corrected chi connectivity index (χ2v) is 6.01. The van der Waals surface area contributed by atoms with E-state index in [0.29, 0.717) is 25.9 Å². The molecule has 6 heteroatoms. The van der Waals surface area contributed by atoms with Gasteiger partial charge in [-0.1, -0.05) is 12.1 Å². The number of phenols is 1. The second kappa shape index (κ2) is 8.41. The first-order valence-corrected chi connectivity index (χ1v) is 8.14. The smallest absolute Gasteiger partial charge is 0.315 e. The number of rotatable bonds is 7. The number of urea groups is 1. The molecule has 1 heterocycles. The Bertz CT molecular complexity index is 530. The van der Waals surface area contributed by atoms with Gasteiger partial charge in [-0.05, 0) is 43.9 Å². The van der Waals surface area contributed by atoms with Crippen molar-refractivity contribution in [2.45, 2.75) is 38.6 Å². The van der Waals surface area contributed by atoms with Gasteiger partial charge in [0.2, 0.25) is 5.91 Å². The van der Waals surface area contributed by atoms with E-state index >= 15 is 0 Å². The third-order valence-corrected chi connectivity index (χ3v) is 3.92. The number of benzene rings is 1. The Morgan fingerprint density at radius 2 is 2.09 bits per heavy atom. The lowest BCUT2D eigenvalue weighted by Crippen LogP contribution is -2.42. The lowest BCUT2D eigenvalue weighted by Gasteiger charge is -2.17. The molecule has 1 fully saturated rings. The summed E-state index contributed by atoms with van der Waals surface area (Å²) in [6.07, 6.45) is 3.08. The number of hydrogen-bond donors (Lipinski definition) is 3. The van der Waals surface area contributed by atoms with Gasteiger partial charge in [-0.2, -0.15) is 0 Å². The molecule has 3 N–H and O–H groups in total. The van der Waals surface area contributed by atoms with Crippen molar-refractivity contribution in [2.75, 3.05) is 19.6 Å². The lowest BCUT2D eigenvalue weighted by atomic mass is 10.1. The minimum absolute atomic E-state index is 0.000275. The molecule has 1 saturated heterocycles. The molecule has 1 aliphatic rings. The first kappa shape index (κ1) is 17.1. The minimum Gasteiger partial charge on any atom is -0.508 e. The molecule has 3 amide bonds. The zero-order valence-corrected chi connectivity index (χ0v) is 13.5. The van der Waals surface area contributed by atoms with Crippen LogP contribution >= 0.6 is 0 Å². The molecule has 0 radical (unpaired) electrons. The van der Waals surface area contributed by atoms with Crippen LogP contribution in [-0.2, 0) is 11.2 Å². The summed E-state index contributed by atoms with van der Waals surface area (Å²) in [6.45, 7) is 4.05. The number of carbonyl (C=O) groups excluding carboxylic acids is 2. The molecule has 0 spiro atoms. The molecule has 1 aromatic carbocycles. The molecule has 0 aliphatic carbocycles. The maximum atomic E-state index is 11.8. The fourth-order valence-electron chi connectivity index (χ4n) is 2.72. The number of aromatic hydroxyl groups is 1. The predicted octanol–water partition coefficient (Wildman–Crippen LogP) is 1.63. The van der Waals surface area contributed by atoms with Crippen LogP contribution in [0.4, 0.5) is 4.79 Å². The molecule has 0 aromatic heterocycles. The zero-order chi connectivity index (χ0) is 16.7. The molecule has 1 aliphatic heterocycles. The normalized spacial score (nSPS) is 15.5. The number of likely N-dealkylation sites (tertiary alicyclic amines) is 1. The van der Waals surface area contributed by atoms with E-state index in [1.165, 1.54) is 0 Å². The summed E-state index contributed by atoms with van der Waals surface area (Å²) >= 11 is 0. The van der Waals surface area contributed by atoms with Gasteiger partial charge in [0.25, 0.3) is 0 Å². The largest absolute Gasteiger partial charge is 0.508 e. The fourth-order valence-corrected chi connectivity index (χ4v) is 2.72. The minimum atomic E-state index is -0.191. The van der Waals surface area contributed by atoms with E-state index in [1.54, 1.807) is 12.1 Å². The predicted molar refractivity (Wildman–Crippen MR) is 88.2 cm³/mol. The summed E-state index contributed by atoms with van der Waals surface area (Å²) in [4.78, 5) is 25.1. The van der Waals surface area contributed by atoms with Crippen LogP contribution in [-0.4, -0.2) is 47.6 Å². The van der Waals surface area contributed by atoms with Crippen LogP contribution in [0.5, 0.6) is 5.75 Å². The highest BCUT2D eigenvalue weighted by atomic mass is 16.3. The van der Waals surface area contributed by atoms with Gasteiger partial charge in [-0.3, -0.25) is 4.79 Å². The maximum Gasteiger partial charge on any atom is 0.315 e. The highest BCUT2D eigenvalue weighted by Gasteiger charge is 2.19. The van der Waals surface area contributed by atoms with Crippen molar-refractivity contribution in [3.05, 3.63) is 29.8 Å². The van der Waals surface area contributed by atoms with Crippen molar-refractivity contribution >= 4 is 11.9 Å². The third kappa shape index (κ3) is 5.81. The number of carbonyl (C=O) groups is 2. The van der Waals surface area contributed by atoms with Crippen molar-refractivity contribution < 1.29 is 14.7 Å². The molecule has 6 nitrogen and oxygen atoms in total. The van der Waals surface area contributed by atoms with Crippen LogP contribution in [0.25, 0.3) is 0 Å². The Morgan fingerprint density at radius 3 is 2.74 bits per heavy atom. The van der Waals surface area contributed by atoms with Gasteiger partial charge in [0.15, 0.2) is 0 Å². The van der Waals surface area contributed by atoms with Gasteiger partial charge < -0.3 is 20.6 Å². The molecule has 2 rings (SSSR count). The van der Waals surface area contributed by atoms with Gasteiger partial charge in [-0.15, -0.1) is 0 Å². The summed E-state index contributed by atoms with van der Waals surface area (Å²) < 4.78 is 0. The summed E-state index contributed by atoms with van der Waals surface area (Å²) in [7, 11) is 0. The van der Waals surface area contributed by atoms with E-state index in [9.17, 15) is 14.7 Å². The van der Waals surface area contributed by atoms with Crippen molar-refractivity contribution in [1.29, 1.82) is 0 Å². The van der Waals surface area contributed by atoms with E-state index in [4.69, 9.17) is 0 Å². The van der Waals surface area contributed by atoms with Crippen LogP contribution in [0.3, 0.4) is 0 Å². The topological polar surface area (TPSA) is 81.7 Å². The van der Waals surface area contributed by atoms with Crippen LogP contribution in [0, 0.1) is 0 Å². The Morgan fingerprint density at radius 1 is 1.35 bits per heavy atom. The number of nitrogens with one attached hydrogen (secondary N) is 2. The molecule has 126 valence electrons. The van der Waals surface area contributed by atoms with Crippen LogP contribution < -0.4 is 10.6 Å². The Kier molecular flexibility index (Phi) is 6.26. The lowest BCUT2D eigenvalue weighted by molar-refractivity contribution is -0.127. The summed E-state index contributed by atoms with van der Waals surface area (Å²) in [6, 6.07) is 6.78. The van der Waals surface area contributed by atoms with E-state index in [-0.39, 0.29) is 23.7 Å². The Labute approximate surface area is 136 Å². The molecule has 23 heavy (non-hydrogen) atoms. The van der Waals surface area contributed by atoms with E-state index in [0.717, 1.165) is 24.9 Å². The van der Waals surface area contributed by atoms with Gasteiger partial charge in [0.05, 0.1) is 0 Å². The van der Waals surface area contributed by atoms with Gasteiger partial charge in [0.1, 0.15) is 5.75 Å². The van der Waals surface area contributed by atoms with Crippen molar-refractivity contribution in [3.8, 4) is 5.75 Å². The summed E-state index contributed by atoms with van der Waals surface area (Å²) in [5.41, 5.74) is 1.06. The Balaban J connectivity index is 1.60. The third-order valence-electron chi connectivity index (χ3n) is 3.92. The first-order valence-electron chi connectivity index (χ1n) is 8.14. The zero-order valence-electron chi connectivity index (χ0n) is 13.5. The average Bonchev–Trinajstić information content (AvgIpc) is 2.91. The van der Waals surface area contributed by atoms with Gasteiger partial charge in [-0.25, -0.2) is 4.79 Å². The standard InChI is InChI=1S/C17H25N3O3/c1-13(12-14-5-7-15(21)8-6-14)19-17(23)18-9-3-11-20-10-2-4-16(20)22/h5-8,13,21H,2-4,9-12H2,1H3,(H2,18,19,23). The molecule has 1 atom stereocenters. The molecule has 0 bridgehead atoms.